The molecule has 12 nitrogen and oxygen atoms in total. The van der Waals surface area contributed by atoms with Crippen LogP contribution in [0.2, 0.25) is 0 Å². The predicted molar refractivity (Wildman–Crippen MR) is 118 cm³/mol. The summed E-state index contributed by atoms with van der Waals surface area (Å²) in [6.07, 6.45) is -0.322. The summed E-state index contributed by atoms with van der Waals surface area (Å²) in [6.45, 7) is 1.12. The van der Waals surface area contributed by atoms with Crippen molar-refractivity contribution in [1.82, 2.24) is 24.6 Å². The van der Waals surface area contributed by atoms with E-state index in [2.05, 4.69) is 20.3 Å². The van der Waals surface area contributed by atoms with Gasteiger partial charge in [-0.25, -0.2) is 24.4 Å². The highest BCUT2D eigenvalue weighted by Crippen LogP contribution is 2.32. The molecule has 5 atom stereocenters. The van der Waals surface area contributed by atoms with Crippen LogP contribution < -0.4 is 5.32 Å². The van der Waals surface area contributed by atoms with Crippen molar-refractivity contribution >= 4 is 23.4 Å². The molecule has 3 aromatic rings. The number of benzene rings is 1. The largest absolute Gasteiger partial charge is 0.387 e. The summed E-state index contributed by atoms with van der Waals surface area (Å²) in [4.78, 5) is 29.8. The number of aliphatic hydroxyl groups is 2. The molecular formula is C22H25FN6O6. The number of ether oxygens (including phenoxy) is 2. The summed E-state index contributed by atoms with van der Waals surface area (Å²) in [5, 5.41) is 25.5. The molecule has 0 bridgehead atoms. The molecule has 1 amide bonds. The number of anilines is 1. The first-order chi connectivity index (χ1) is 17.0. The highest BCUT2D eigenvalue weighted by atomic mass is 19.1. The lowest BCUT2D eigenvalue weighted by atomic mass is 10.1. The lowest BCUT2D eigenvalue weighted by Gasteiger charge is -2.21. The van der Waals surface area contributed by atoms with E-state index in [1.54, 1.807) is 0 Å². The average molecular weight is 488 g/mol. The van der Waals surface area contributed by atoms with Gasteiger partial charge in [0.2, 0.25) is 6.41 Å². The van der Waals surface area contributed by atoms with E-state index in [1.807, 2.05) is 0 Å². The minimum Gasteiger partial charge on any atom is -0.387 e. The van der Waals surface area contributed by atoms with Crippen molar-refractivity contribution in [1.29, 1.82) is 0 Å². The second-order valence-corrected chi connectivity index (χ2v) is 8.40. The van der Waals surface area contributed by atoms with E-state index in [0.717, 1.165) is 11.5 Å². The fraction of sp³-hybridized carbons (Fsp3) is 0.455. The van der Waals surface area contributed by atoms with Gasteiger partial charge in [0.1, 0.15) is 37.1 Å². The maximum Gasteiger partial charge on any atom is 0.233 e. The second kappa shape index (κ2) is 10.2. The first-order valence-electron chi connectivity index (χ1n) is 11.2. The molecule has 1 aromatic carbocycles. The van der Waals surface area contributed by atoms with Crippen LogP contribution in [0.4, 0.5) is 10.2 Å². The van der Waals surface area contributed by atoms with Gasteiger partial charge in [0.15, 0.2) is 23.2 Å². The number of amides is 1. The van der Waals surface area contributed by atoms with E-state index in [4.69, 9.17) is 14.3 Å². The third-order valence-corrected chi connectivity index (χ3v) is 6.01. The van der Waals surface area contributed by atoms with Gasteiger partial charge in [-0.05, 0) is 24.1 Å². The van der Waals surface area contributed by atoms with Crippen molar-refractivity contribution in [3.8, 4) is 0 Å². The van der Waals surface area contributed by atoms with E-state index < -0.39 is 24.5 Å². The van der Waals surface area contributed by atoms with Crippen LogP contribution in [0.5, 0.6) is 0 Å². The zero-order valence-corrected chi connectivity index (χ0v) is 18.6. The molecule has 0 unspecified atom stereocenters. The van der Waals surface area contributed by atoms with Gasteiger partial charge in [0, 0.05) is 6.61 Å². The van der Waals surface area contributed by atoms with E-state index in [0.29, 0.717) is 42.2 Å². The van der Waals surface area contributed by atoms with Gasteiger partial charge >= 0.3 is 0 Å². The number of nitrogens with zero attached hydrogens (tertiary/aromatic N) is 5. The minimum absolute atomic E-state index is 0.0729. The number of aliphatic hydroxyl groups excluding tert-OH is 2. The van der Waals surface area contributed by atoms with E-state index in [9.17, 15) is 19.4 Å². The molecule has 2 saturated heterocycles. The summed E-state index contributed by atoms with van der Waals surface area (Å²) in [6, 6.07) is 5.75. The van der Waals surface area contributed by atoms with Crippen molar-refractivity contribution in [2.75, 3.05) is 25.1 Å². The topological polar surface area (TPSA) is 144 Å². The highest BCUT2D eigenvalue weighted by molar-refractivity contribution is 5.82. The third-order valence-electron chi connectivity index (χ3n) is 6.01. The molecule has 2 aromatic heterocycles. The Bertz CT molecular complexity index is 1160. The standard InChI is InChI=1S/C22H25FN6O6/c23-14-3-1-13(2-4-14)7-28(12-30)34-9-16-18(31)19(32)22(35-16)29-11-26-17-20(24-10-25-21(17)29)27-15-5-6-33-8-15/h1-4,10-12,15-16,18-19,22,31-32H,5-9H2,(H,24,25,27)/t15-,16-,18-,19-,22-/m1/s1. The van der Waals surface area contributed by atoms with E-state index in [-0.39, 0.29) is 25.0 Å². The Labute approximate surface area is 199 Å². The molecule has 2 fully saturated rings. The molecule has 0 saturated carbocycles. The molecule has 3 N–H and O–H groups in total. The number of carbonyl (C=O) groups is 1. The van der Waals surface area contributed by atoms with Crippen LogP contribution in [0.15, 0.2) is 36.9 Å². The smallest absolute Gasteiger partial charge is 0.233 e. The van der Waals surface area contributed by atoms with Gasteiger partial charge in [-0.1, -0.05) is 12.1 Å². The monoisotopic (exact) mass is 488 g/mol. The molecule has 2 aliphatic heterocycles. The van der Waals surface area contributed by atoms with Crippen molar-refractivity contribution in [3.63, 3.8) is 0 Å². The number of aromatic nitrogens is 4. The highest BCUT2D eigenvalue weighted by Gasteiger charge is 2.44. The summed E-state index contributed by atoms with van der Waals surface area (Å²) in [7, 11) is 0. The SMILES string of the molecule is O=CN(Cc1ccc(F)cc1)OC[C@H]1O[C@@H](n2cnc3c(N[C@@H]4CCOC4)ncnc32)[C@H](O)[C@@H]1O. The Hall–Kier alpha value is -3.23. The van der Waals surface area contributed by atoms with Crippen LogP contribution in [0.25, 0.3) is 11.2 Å². The maximum atomic E-state index is 13.1. The lowest BCUT2D eigenvalue weighted by molar-refractivity contribution is -0.194. The number of hydrogen-bond donors (Lipinski definition) is 3. The van der Waals surface area contributed by atoms with Gasteiger partial charge in [0.05, 0.1) is 25.5 Å². The number of carbonyl (C=O) groups excluding carboxylic acids is 1. The zero-order valence-electron chi connectivity index (χ0n) is 18.6. The number of rotatable bonds is 9. The second-order valence-electron chi connectivity index (χ2n) is 8.40. The number of hydroxylamine groups is 2. The summed E-state index contributed by atoms with van der Waals surface area (Å²) in [5.41, 5.74) is 1.57. The van der Waals surface area contributed by atoms with Gasteiger partial charge in [-0.2, -0.15) is 0 Å². The fourth-order valence-corrected chi connectivity index (χ4v) is 4.13. The predicted octanol–water partition coefficient (Wildman–Crippen LogP) is 0.376. The van der Waals surface area contributed by atoms with Gasteiger partial charge in [-0.3, -0.25) is 14.2 Å². The first kappa shape index (κ1) is 23.5. The van der Waals surface area contributed by atoms with E-state index >= 15 is 0 Å². The van der Waals surface area contributed by atoms with Crippen LogP contribution >= 0.6 is 0 Å². The molecule has 186 valence electrons. The Morgan fingerprint density at radius 2 is 2.06 bits per heavy atom. The fourth-order valence-electron chi connectivity index (χ4n) is 4.13. The van der Waals surface area contributed by atoms with Gasteiger partial charge in [-0.15, -0.1) is 0 Å². The molecule has 35 heavy (non-hydrogen) atoms. The van der Waals surface area contributed by atoms with E-state index in [1.165, 1.54) is 41.5 Å². The molecule has 13 heteroatoms. The Balaban J connectivity index is 1.26. The Kier molecular flexibility index (Phi) is 6.83. The lowest BCUT2D eigenvalue weighted by Crippen LogP contribution is -2.36. The summed E-state index contributed by atoms with van der Waals surface area (Å²) in [5.74, 6) is 0.155. The number of fused-ring (bicyclic) bond motifs is 1. The zero-order chi connectivity index (χ0) is 24.4. The Morgan fingerprint density at radius 3 is 2.80 bits per heavy atom. The number of nitrogens with one attached hydrogen (secondary N) is 1. The van der Waals surface area contributed by atoms with Crippen LogP contribution in [-0.4, -0.2) is 85.4 Å². The quantitative estimate of drug-likeness (QED) is 0.286. The first-order valence-corrected chi connectivity index (χ1v) is 11.2. The molecule has 0 radical (unpaired) electrons. The van der Waals surface area contributed by atoms with Crippen molar-refractivity contribution in [2.24, 2.45) is 0 Å². The number of halogens is 1. The van der Waals surface area contributed by atoms with Crippen molar-refractivity contribution in [2.45, 2.75) is 43.5 Å². The summed E-state index contributed by atoms with van der Waals surface area (Å²) < 4.78 is 25.9. The van der Waals surface area contributed by atoms with Crippen LogP contribution in [0.1, 0.15) is 18.2 Å². The van der Waals surface area contributed by atoms with Gasteiger partial charge in [0.25, 0.3) is 0 Å². The van der Waals surface area contributed by atoms with Crippen LogP contribution in [0, 0.1) is 5.82 Å². The van der Waals surface area contributed by atoms with Crippen LogP contribution in [-0.2, 0) is 25.7 Å². The maximum absolute atomic E-state index is 13.1. The van der Waals surface area contributed by atoms with Crippen molar-refractivity contribution < 1.29 is 33.7 Å². The normalized spacial score (nSPS) is 26.3. The average Bonchev–Trinajstić information content (AvgIpc) is 3.59. The number of imidazole rings is 1. The van der Waals surface area contributed by atoms with Crippen LogP contribution in [0.3, 0.4) is 0 Å². The molecule has 0 spiro atoms. The molecule has 2 aliphatic rings. The molecule has 4 heterocycles. The third kappa shape index (κ3) is 4.94. The summed E-state index contributed by atoms with van der Waals surface area (Å²) >= 11 is 0. The molecule has 5 rings (SSSR count). The van der Waals surface area contributed by atoms with Crippen molar-refractivity contribution in [3.05, 3.63) is 48.3 Å². The molecule has 0 aliphatic carbocycles. The minimum atomic E-state index is -1.29. The Morgan fingerprint density at radius 1 is 1.23 bits per heavy atom. The van der Waals surface area contributed by atoms with Gasteiger partial charge < -0.3 is 25.0 Å². The molecular weight excluding hydrogens is 463 g/mol. The number of hydrogen-bond acceptors (Lipinski definition) is 10.